The Hall–Kier alpha value is -2.16. The molecular formula is C25H32N3+. The lowest BCUT2D eigenvalue weighted by Gasteiger charge is -2.43. The largest absolute Gasteiger partial charge is 0.346 e. The predicted molar refractivity (Wildman–Crippen MR) is 116 cm³/mol. The molecule has 2 aliphatic heterocycles. The van der Waals surface area contributed by atoms with E-state index in [1.54, 1.807) is 0 Å². The molecule has 1 unspecified atom stereocenters. The summed E-state index contributed by atoms with van der Waals surface area (Å²) in [6.45, 7) is 7.24. The van der Waals surface area contributed by atoms with Crippen LogP contribution in [-0.4, -0.2) is 35.4 Å². The molecule has 28 heavy (non-hydrogen) atoms. The number of pyridine rings is 1. The third-order valence-electron chi connectivity index (χ3n) is 7.93. The van der Waals surface area contributed by atoms with Gasteiger partial charge in [0.05, 0.1) is 5.41 Å². The Morgan fingerprint density at radius 2 is 1.71 bits per heavy atom. The van der Waals surface area contributed by atoms with Gasteiger partial charge >= 0.3 is 0 Å². The Morgan fingerprint density at radius 3 is 2.43 bits per heavy atom. The Kier molecular flexibility index (Phi) is 3.78. The van der Waals surface area contributed by atoms with Gasteiger partial charge in [-0.25, -0.2) is 4.98 Å². The first-order valence-corrected chi connectivity index (χ1v) is 10.8. The van der Waals surface area contributed by atoms with Crippen molar-refractivity contribution in [1.82, 2.24) is 4.98 Å². The molecule has 146 valence electrons. The van der Waals surface area contributed by atoms with E-state index in [0.29, 0.717) is 6.04 Å². The van der Waals surface area contributed by atoms with Crippen molar-refractivity contribution in [1.29, 1.82) is 0 Å². The molecule has 1 fully saturated rings. The van der Waals surface area contributed by atoms with Gasteiger partial charge in [0.15, 0.2) is 5.71 Å². The molecule has 1 spiro atoms. The van der Waals surface area contributed by atoms with Crippen LogP contribution in [0, 0.1) is 5.92 Å². The van der Waals surface area contributed by atoms with Crippen LogP contribution in [0.25, 0.3) is 0 Å². The quantitative estimate of drug-likeness (QED) is 0.650. The second-order valence-electron chi connectivity index (χ2n) is 9.81. The summed E-state index contributed by atoms with van der Waals surface area (Å²) < 4.78 is 2.49. The number of likely N-dealkylation sites (N-methyl/N-ethyl adjacent to an activating group) is 1. The van der Waals surface area contributed by atoms with E-state index in [9.17, 15) is 0 Å². The molecule has 2 aromatic rings. The average molecular weight is 375 g/mol. The van der Waals surface area contributed by atoms with E-state index in [1.165, 1.54) is 54.0 Å². The van der Waals surface area contributed by atoms with Gasteiger partial charge in [-0.15, -0.1) is 0 Å². The van der Waals surface area contributed by atoms with Gasteiger partial charge in [0.2, 0.25) is 5.69 Å². The van der Waals surface area contributed by atoms with Crippen LogP contribution in [0.5, 0.6) is 0 Å². The van der Waals surface area contributed by atoms with Gasteiger partial charge in [-0.2, -0.15) is 4.58 Å². The number of benzene rings is 1. The number of rotatable bonds is 1. The van der Waals surface area contributed by atoms with Crippen LogP contribution in [0.15, 0.2) is 42.6 Å². The molecule has 1 aromatic heterocycles. The van der Waals surface area contributed by atoms with Gasteiger partial charge in [-0.05, 0) is 51.5 Å². The monoisotopic (exact) mass is 374 g/mol. The first-order valence-electron chi connectivity index (χ1n) is 10.8. The van der Waals surface area contributed by atoms with E-state index < -0.39 is 0 Å². The van der Waals surface area contributed by atoms with E-state index in [4.69, 9.17) is 4.98 Å². The van der Waals surface area contributed by atoms with Crippen molar-refractivity contribution in [2.45, 2.75) is 63.3 Å². The number of nitrogens with zero attached hydrogens (tertiary/aromatic N) is 3. The molecule has 3 nitrogen and oxygen atoms in total. The van der Waals surface area contributed by atoms with Crippen LogP contribution in [0.4, 0.5) is 11.5 Å². The fraction of sp³-hybridized carbons (Fsp3) is 0.520. The highest BCUT2D eigenvalue weighted by molar-refractivity contribution is 6.03. The van der Waals surface area contributed by atoms with Crippen LogP contribution < -0.4 is 4.90 Å². The van der Waals surface area contributed by atoms with E-state index in [0.717, 1.165) is 5.92 Å². The molecule has 3 aliphatic rings. The highest BCUT2D eigenvalue weighted by atomic mass is 15.3. The molecule has 0 N–H and O–H groups in total. The zero-order valence-electron chi connectivity index (χ0n) is 17.9. The second-order valence-corrected chi connectivity index (χ2v) is 9.81. The van der Waals surface area contributed by atoms with Crippen molar-refractivity contribution in [2.75, 3.05) is 19.0 Å². The van der Waals surface area contributed by atoms with Crippen LogP contribution in [0.1, 0.15) is 57.6 Å². The Balaban J connectivity index is 1.73. The molecule has 1 aliphatic carbocycles. The Labute approximate surface area is 169 Å². The number of anilines is 1. The van der Waals surface area contributed by atoms with Crippen LogP contribution in [0.2, 0.25) is 0 Å². The highest BCUT2D eigenvalue weighted by Gasteiger charge is 2.61. The number of aromatic nitrogens is 1. The third kappa shape index (κ3) is 2.16. The number of hydrogen-bond donors (Lipinski definition) is 0. The molecule has 5 rings (SSSR count). The molecule has 0 radical (unpaired) electrons. The molecule has 3 heteroatoms. The van der Waals surface area contributed by atoms with Crippen molar-refractivity contribution >= 4 is 17.2 Å². The lowest BCUT2D eigenvalue weighted by Crippen LogP contribution is -2.56. The molecule has 0 saturated heterocycles. The molecule has 1 aromatic carbocycles. The summed E-state index contributed by atoms with van der Waals surface area (Å²) in [6.07, 6.45) is 7.09. The molecule has 3 heterocycles. The van der Waals surface area contributed by atoms with Crippen LogP contribution in [0.3, 0.4) is 0 Å². The lowest BCUT2D eigenvalue weighted by molar-refractivity contribution is -0.404. The maximum atomic E-state index is 4.85. The van der Waals surface area contributed by atoms with Crippen molar-refractivity contribution in [2.24, 2.45) is 5.92 Å². The van der Waals surface area contributed by atoms with Crippen molar-refractivity contribution in [3.63, 3.8) is 0 Å². The first-order chi connectivity index (χ1) is 13.4. The van der Waals surface area contributed by atoms with Crippen LogP contribution in [-0.2, 0) is 10.8 Å². The van der Waals surface area contributed by atoms with E-state index in [2.05, 4.69) is 80.7 Å². The second kappa shape index (κ2) is 5.92. The van der Waals surface area contributed by atoms with E-state index in [-0.39, 0.29) is 10.8 Å². The fourth-order valence-corrected chi connectivity index (χ4v) is 6.48. The summed E-state index contributed by atoms with van der Waals surface area (Å²) in [6, 6.07) is 13.8. The van der Waals surface area contributed by atoms with Gasteiger partial charge in [-0.3, -0.25) is 0 Å². The molecule has 0 amide bonds. The zero-order chi connectivity index (χ0) is 19.7. The average Bonchev–Trinajstić information content (AvgIpc) is 3.05. The Bertz CT molecular complexity index is 963. The minimum absolute atomic E-state index is 0.0162. The van der Waals surface area contributed by atoms with Crippen molar-refractivity contribution in [3.05, 3.63) is 53.7 Å². The summed E-state index contributed by atoms with van der Waals surface area (Å²) in [7, 11) is 4.54. The summed E-state index contributed by atoms with van der Waals surface area (Å²) in [5.41, 5.74) is 6.00. The molecular weight excluding hydrogens is 342 g/mol. The SMILES string of the molecule is CC1CCC2(CC1)c1cccnc1N(C)C2C1=[N+](C)c2ccccc2C1(C)C. The number of hydrogen-bond acceptors (Lipinski definition) is 2. The Morgan fingerprint density at radius 1 is 1.04 bits per heavy atom. The molecule has 1 atom stereocenters. The summed E-state index contributed by atoms with van der Waals surface area (Å²) >= 11 is 0. The van der Waals surface area contributed by atoms with Gasteiger partial charge in [0.25, 0.3) is 0 Å². The van der Waals surface area contributed by atoms with E-state index >= 15 is 0 Å². The van der Waals surface area contributed by atoms with Gasteiger partial charge < -0.3 is 4.90 Å². The van der Waals surface area contributed by atoms with Gasteiger partial charge in [0.1, 0.15) is 18.9 Å². The normalized spacial score (nSPS) is 30.7. The van der Waals surface area contributed by atoms with Gasteiger partial charge in [0, 0.05) is 35.9 Å². The van der Waals surface area contributed by atoms with Gasteiger partial charge in [-0.1, -0.05) is 31.2 Å². The summed E-state index contributed by atoms with van der Waals surface area (Å²) in [4.78, 5) is 7.34. The highest BCUT2D eigenvalue weighted by Crippen LogP contribution is 2.55. The van der Waals surface area contributed by atoms with Crippen LogP contribution >= 0.6 is 0 Å². The maximum absolute atomic E-state index is 4.85. The minimum atomic E-state index is 0.0162. The van der Waals surface area contributed by atoms with Crippen molar-refractivity contribution < 1.29 is 4.58 Å². The maximum Gasteiger partial charge on any atom is 0.209 e. The zero-order valence-corrected chi connectivity index (χ0v) is 17.9. The summed E-state index contributed by atoms with van der Waals surface area (Å²) in [5.74, 6) is 2.02. The summed E-state index contributed by atoms with van der Waals surface area (Å²) in [5, 5.41) is 0. The van der Waals surface area contributed by atoms with E-state index in [1.807, 2.05) is 6.20 Å². The standard InChI is InChI=1S/C25H32N3/c1-17-12-14-25(15-13-17)19-10-8-16-26-23(19)28(5)22(25)21-24(2,3)18-9-6-7-11-20(18)27(21)4/h6-11,16-17,22H,12-15H2,1-5H3/q+1. The fourth-order valence-electron chi connectivity index (χ4n) is 6.48. The molecule has 0 bridgehead atoms. The number of fused-ring (bicyclic) bond motifs is 3. The first kappa shape index (κ1) is 17.9. The lowest BCUT2D eigenvalue weighted by atomic mass is 9.61. The third-order valence-corrected chi connectivity index (χ3v) is 7.93. The van der Waals surface area contributed by atoms with Crippen molar-refractivity contribution in [3.8, 4) is 0 Å². The minimum Gasteiger partial charge on any atom is -0.346 e. The predicted octanol–water partition coefficient (Wildman–Crippen LogP) is 5.05. The smallest absolute Gasteiger partial charge is 0.209 e. The molecule has 1 saturated carbocycles. The topological polar surface area (TPSA) is 19.1 Å². The number of para-hydroxylation sites is 1.